The molecular formula is C14H11IN4O5S. The van der Waals surface area contributed by atoms with E-state index in [1.807, 2.05) is 0 Å². The van der Waals surface area contributed by atoms with Gasteiger partial charge in [-0.2, -0.15) is 0 Å². The fourth-order valence-electron chi connectivity index (χ4n) is 2.06. The van der Waals surface area contributed by atoms with Crippen molar-refractivity contribution in [3.8, 4) is 0 Å². The lowest BCUT2D eigenvalue weighted by Gasteiger charge is -2.04. The van der Waals surface area contributed by atoms with Crippen molar-refractivity contribution in [3.63, 3.8) is 0 Å². The Bertz CT molecular complexity index is 1060. The van der Waals surface area contributed by atoms with Gasteiger partial charge in [-0.05, 0) is 40.8 Å². The Kier molecular flexibility index (Phi) is 5.22. The molecule has 1 aromatic carbocycles. The maximum absolute atomic E-state index is 12.5. The standard InChI is InChI=1S/C14H11IN4O5S/c1-23-11(20)6-25-14-17-16-10(24-14)5-19-13(22)9-4-7(15)2-3-8(9)12(21)18-19/h2-4H,5-6H2,1H3,(H,18,21). The van der Waals surface area contributed by atoms with Crippen LogP contribution in [0.1, 0.15) is 5.89 Å². The van der Waals surface area contributed by atoms with Crippen LogP contribution >= 0.6 is 34.4 Å². The number of methoxy groups -OCH3 is 1. The minimum Gasteiger partial charge on any atom is -0.468 e. The Morgan fingerprint density at radius 1 is 1.36 bits per heavy atom. The minimum absolute atomic E-state index is 0.0311. The van der Waals surface area contributed by atoms with Crippen LogP contribution in [0.3, 0.4) is 0 Å². The zero-order valence-corrected chi connectivity index (χ0v) is 15.8. The van der Waals surface area contributed by atoms with Crippen molar-refractivity contribution in [1.29, 1.82) is 0 Å². The van der Waals surface area contributed by atoms with E-state index < -0.39 is 5.97 Å². The maximum atomic E-state index is 12.5. The number of nitrogens with zero attached hydrogens (tertiary/aromatic N) is 3. The van der Waals surface area contributed by atoms with E-state index in [2.05, 4.69) is 42.6 Å². The van der Waals surface area contributed by atoms with E-state index in [1.54, 1.807) is 18.2 Å². The number of benzene rings is 1. The number of aromatic nitrogens is 4. The van der Waals surface area contributed by atoms with Crippen LogP contribution in [0.25, 0.3) is 10.8 Å². The Morgan fingerprint density at radius 3 is 2.92 bits per heavy atom. The third kappa shape index (κ3) is 3.92. The number of hydrogen-bond donors (Lipinski definition) is 1. The van der Waals surface area contributed by atoms with Crippen LogP contribution < -0.4 is 11.1 Å². The lowest BCUT2D eigenvalue weighted by Crippen LogP contribution is -2.30. The minimum atomic E-state index is -0.422. The van der Waals surface area contributed by atoms with Crippen molar-refractivity contribution < 1.29 is 13.9 Å². The quantitative estimate of drug-likeness (QED) is 0.331. The van der Waals surface area contributed by atoms with Gasteiger partial charge in [0.25, 0.3) is 16.3 Å². The Morgan fingerprint density at radius 2 is 2.16 bits per heavy atom. The number of aromatic amines is 1. The number of halogens is 1. The molecule has 0 unspecified atom stereocenters. The van der Waals surface area contributed by atoms with Gasteiger partial charge in [0, 0.05) is 3.57 Å². The molecule has 0 amide bonds. The highest BCUT2D eigenvalue weighted by molar-refractivity contribution is 14.1. The molecule has 0 fully saturated rings. The second-order valence-electron chi connectivity index (χ2n) is 4.85. The number of nitrogens with one attached hydrogen (secondary N) is 1. The number of carbonyl (C=O) groups excluding carboxylic acids is 1. The van der Waals surface area contributed by atoms with Gasteiger partial charge >= 0.3 is 5.97 Å². The first-order chi connectivity index (χ1) is 12.0. The van der Waals surface area contributed by atoms with E-state index >= 15 is 0 Å². The zero-order valence-electron chi connectivity index (χ0n) is 12.8. The SMILES string of the molecule is COC(=O)CSc1nnc(Cn2[nH]c(=O)c3ccc(I)cc3c2=O)o1. The summed E-state index contributed by atoms with van der Waals surface area (Å²) in [4.78, 5) is 35.8. The molecule has 0 bridgehead atoms. The number of rotatable bonds is 5. The normalized spacial score (nSPS) is 11.0. The predicted molar refractivity (Wildman–Crippen MR) is 97.7 cm³/mol. The summed E-state index contributed by atoms with van der Waals surface area (Å²) in [6.45, 7) is -0.0821. The van der Waals surface area contributed by atoms with Gasteiger partial charge in [0.2, 0.25) is 5.89 Å². The van der Waals surface area contributed by atoms with Gasteiger partial charge in [-0.1, -0.05) is 11.8 Å². The van der Waals surface area contributed by atoms with Crippen LogP contribution in [0.15, 0.2) is 37.4 Å². The van der Waals surface area contributed by atoms with Crippen molar-refractivity contribution in [2.45, 2.75) is 11.8 Å². The second kappa shape index (κ2) is 7.39. The van der Waals surface area contributed by atoms with Gasteiger partial charge in [-0.15, -0.1) is 10.2 Å². The molecule has 25 heavy (non-hydrogen) atoms. The van der Waals surface area contributed by atoms with Crippen molar-refractivity contribution in [1.82, 2.24) is 20.0 Å². The third-order valence-electron chi connectivity index (χ3n) is 3.22. The molecule has 0 saturated carbocycles. The molecule has 0 spiro atoms. The van der Waals surface area contributed by atoms with Gasteiger partial charge in [-0.3, -0.25) is 19.5 Å². The zero-order chi connectivity index (χ0) is 18.0. The third-order valence-corrected chi connectivity index (χ3v) is 4.68. The summed E-state index contributed by atoms with van der Waals surface area (Å²) in [5, 5.41) is 10.9. The number of hydrogen-bond acceptors (Lipinski definition) is 8. The van der Waals surface area contributed by atoms with Crippen LogP contribution in [0.4, 0.5) is 0 Å². The van der Waals surface area contributed by atoms with Crippen LogP contribution in [0.5, 0.6) is 0 Å². The summed E-state index contributed by atoms with van der Waals surface area (Å²) in [6.07, 6.45) is 0. The first kappa shape index (κ1) is 17.7. The Balaban J connectivity index is 1.87. The average Bonchev–Trinajstić information content (AvgIpc) is 3.04. The molecule has 11 heteroatoms. The van der Waals surface area contributed by atoms with Crippen molar-refractivity contribution in [2.75, 3.05) is 12.9 Å². The number of fused-ring (bicyclic) bond motifs is 1. The van der Waals surface area contributed by atoms with Gasteiger partial charge in [0.1, 0.15) is 12.3 Å². The molecule has 0 aliphatic rings. The summed E-state index contributed by atoms with van der Waals surface area (Å²) in [6, 6.07) is 5.01. The molecule has 0 radical (unpaired) electrons. The highest BCUT2D eigenvalue weighted by Gasteiger charge is 2.13. The molecule has 3 aromatic rings. The van der Waals surface area contributed by atoms with E-state index in [-0.39, 0.29) is 34.5 Å². The van der Waals surface area contributed by atoms with Crippen LogP contribution in [0, 0.1) is 3.57 Å². The molecule has 0 saturated heterocycles. The summed E-state index contributed by atoms with van der Waals surface area (Å²) >= 11 is 3.09. The molecule has 2 heterocycles. The molecule has 3 rings (SSSR count). The molecule has 2 aromatic heterocycles. The highest BCUT2D eigenvalue weighted by atomic mass is 127. The van der Waals surface area contributed by atoms with Crippen molar-refractivity contribution in [2.24, 2.45) is 0 Å². The van der Waals surface area contributed by atoms with Gasteiger partial charge in [0.05, 0.1) is 17.9 Å². The monoisotopic (exact) mass is 474 g/mol. The van der Waals surface area contributed by atoms with E-state index in [1.165, 1.54) is 7.11 Å². The van der Waals surface area contributed by atoms with Gasteiger partial charge in [0.15, 0.2) is 0 Å². The molecule has 1 N–H and O–H groups in total. The molecule has 0 aliphatic heterocycles. The molecule has 130 valence electrons. The van der Waals surface area contributed by atoms with E-state index in [4.69, 9.17) is 4.42 Å². The molecule has 0 aliphatic carbocycles. The largest absolute Gasteiger partial charge is 0.468 e. The topological polar surface area (TPSA) is 120 Å². The second-order valence-corrected chi connectivity index (χ2v) is 7.02. The van der Waals surface area contributed by atoms with Gasteiger partial charge in [-0.25, -0.2) is 4.68 Å². The summed E-state index contributed by atoms with van der Waals surface area (Å²) in [5.41, 5.74) is -0.749. The predicted octanol–water partition coefficient (Wildman–Crippen LogP) is 0.991. The van der Waals surface area contributed by atoms with E-state index in [0.717, 1.165) is 20.0 Å². The fraction of sp³-hybridized carbons (Fsp3) is 0.214. The molecular weight excluding hydrogens is 463 g/mol. The van der Waals surface area contributed by atoms with E-state index in [9.17, 15) is 14.4 Å². The number of carbonyl (C=O) groups is 1. The first-order valence-corrected chi connectivity index (χ1v) is 8.98. The van der Waals surface area contributed by atoms with Crippen molar-refractivity contribution in [3.05, 3.63) is 48.4 Å². The average molecular weight is 474 g/mol. The smallest absolute Gasteiger partial charge is 0.316 e. The fourth-order valence-corrected chi connectivity index (χ4v) is 3.16. The molecule has 0 atom stereocenters. The summed E-state index contributed by atoms with van der Waals surface area (Å²) < 4.78 is 11.8. The van der Waals surface area contributed by atoms with Crippen LogP contribution in [-0.2, 0) is 16.1 Å². The van der Waals surface area contributed by atoms with Gasteiger partial charge < -0.3 is 9.15 Å². The van der Waals surface area contributed by atoms with Crippen molar-refractivity contribution >= 4 is 51.1 Å². The maximum Gasteiger partial charge on any atom is 0.316 e. The number of esters is 1. The summed E-state index contributed by atoms with van der Waals surface area (Å²) in [7, 11) is 1.28. The number of thioether (sulfide) groups is 1. The Hall–Kier alpha value is -2.15. The van der Waals surface area contributed by atoms with Crippen LogP contribution in [-0.4, -0.2) is 38.8 Å². The Labute approximate surface area is 157 Å². The van der Waals surface area contributed by atoms with E-state index in [0.29, 0.717) is 10.8 Å². The highest BCUT2D eigenvalue weighted by Crippen LogP contribution is 2.16. The first-order valence-electron chi connectivity index (χ1n) is 6.92. The number of H-pyrrole nitrogens is 1. The van der Waals surface area contributed by atoms with Crippen LogP contribution in [0.2, 0.25) is 0 Å². The molecule has 9 nitrogen and oxygen atoms in total. The number of ether oxygens (including phenoxy) is 1. The lowest BCUT2D eigenvalue weighted by molar-refractivity contribution is -0.137. The lowest BCUT2D eigenvalue weighted by atomic mass is 10.2. The summed E-state index contributed by atoms with van der Waals surface area (Å²) in [5.74, 6) is -0.256.